The van der Waals surface area contributed by atoms with Crippen molar-refractivity contribution in [2.45, 2.75) is 23.6 Å². The van der Waals surface area contributed by atoms with Crippen LogP contribution in [0.15, 0.2) is 51.8 Å². The van der Waals surface area contributed by atoms with Gasteiger partial charge in [-0.3, -0.25) is 9.59 Å². The average molecular weight is 362 g/mol. The van der Waals surface area contributed by atoms with Crippen molar-refractivity contribution in [1.29, 1.82) is 0 Å². The molecule has 2 heterocycles. The SMILES string of the molecule is C[C@@H]1C(=O)NCCN1C(=O)c1ccc(CS(=O)(=O)c2ccccc2)o1. The number of nitrogens with one attached hydrogen (secondary N) is 1. The van der Waals surface area contributed by atoms with E-state index in [1.165, 1.54) is 29.2 Å². The lowest BCUT2D eigenvalue weighted by Gasteiger charge is -2.32. The van der Waals surface area contributed by atoms with Gasteiger partial charge in [-0.05, 0) is 31.2 Å². The number of carbonyl (C=O) groups excluding carboxylic acids is 2. The maximum absolute atomic E-state index is 12.5. The minimum Gasteiger partial charge on any atom is -0.455 e. The summed E-state index contributed by atoms with van der Waals surface area (Å²) in [5.41, 5.74) is 0. The zero-order valence-corrected chi connectivity index (χ0v) is 14.5. The molecule has 0 spiro atoms. The first-order valence-corrected chi connectivity index (χ1v) is 9.49. The fourth-order valence-electron chi connectivity index (χ4n) is 2.67. The third kappa shape index (κ3) is 3.58. The van der Waals surface area contributed by atoms with Crippen LogP contribution in [0.3, 0.4) is 0 Å². The highest BCUT2D eigenvalue weighted by molar-refractivity contribution is 7.90. The van der Waals surface area contributed by atoms with Gasteiger partial charge in [0, 0.05) is 13.1 Å². The normalized spacial score (nSPS) is 18.0. The lowest BCUT2D eigenvalue weighted by Crippen LogP contribution is -2.55. The Labute approximate surface area is 145 Å². The molecule has 0 radical (unpaired) electrons. The third-order valence-electron chi connectivity index (χ3n) is 4.07. The van der Waals surface area contributed by atoms with E-state index in [1.807, 2.05) is 0 Å². The van der Waals surface area contributed by atoms with Gasteiger partial charge < -0.3 is 14.6 Å². The summed E-state index contributed by atoms with van der Waals surface area (Å²) < 4.78 is 30.2. The summed E-state index contributed by atoms with van der Waals surface area (Å²) in [6.45, 7) is 2.39. The highest BCUT2D eigenvalue weighted by Gasteiger charge is 2.31. The molecule has 2 aromatic rings. The molecular weight excluding hydrogens is 344 g/mol. The third-order valence-corrected chi connectivity index (χ3v) is 5.72. The maximum Gasteiger partial charge on any atom is 0.290 e. The first kappa shape index (κ1) is 17.2. The van der Waals surface area contributed by atoms with Crippen LogP contribution in [0.4, 0.5) is 0 Å². The van der Waals surface area contributed by atoms with Crippen molar-refractivity contribution in [3.63, 3.8) is 0 Å². The van der Waals surface area contributed by atoms with Crippen molar-refractivity contribution >= 4 is 21.7 Å². The van der Waals surface area contributed by atoms with Crippen molar-refractivity contribution in [3.8, 4) is 0 Å². The summed E-state index contributed by atoms with van der Waals surface area (Å²) in [7, 11) is -3.55. The molecule has 1 fully saturated rings. The monoisotopic (exact) mass is 362 g/mol. The fourth-order valence-corrected chi connectivity index (χ4v) is 3.94. The van der Waals surface area contributed by atoms with E-state index in [-0.39, 0.29) is 28.1 Å². The number of benzene rings is 1. The highest BCUT2D eigenvalue weighted by Crippen LogP contribution is 2.19. The number of furan rings is 1. The van der Waals surface area contributed by atoms with E-state index in [1.54, 1.807) is 25.1 Å². The lowest BCUT2D eigenvalue weighted by atomic mass is 10.2. The molecule has 132 valence electrons. The van der Waals surface area contributed by atoms with Gasteiger partial charge >= 0.3 is 0 Å². The summed E-state index contributed by atoms with van der Waals surface area (Å²) >= 11 is 0. The molecule has 1 aromatic heterocycles. The fraction of sp³-hybridized carbons (Fsp3) is 0.294. The predicted octanol–water partition coefficient (Wildman–Crippen LogP) is 1.21. The molecular formula is C17H18N2O5S. The topological polar surface area (TPSA) is 96.7 Å². The Morgan fingerprint density at radius 1 is 1.24 bits per heavy atom. The molecule has 0 bridgehead atoms. The molecule has 1 aromatic carbocycles. The zero-order valence-electron chi connectivity index (χ0n) is 13.6. The number of piperazine rings is 1. The van der Waals surface area contributed by atoms with Gasteiger partial charge in [0.05, 0.1) is 4.90 Å². The molecule has 3 rings (SSSR count). The molecule has 0 unspecified atom stereocenters. The number of sulfone groups is 1. The largest absolute Gasteiger partial charge is 0.455 e. The molecule has 7 nitrogen and oxygen atoms in total. The highest BCUT2D eigenvalue weighted by atomic mass is 32.2. The van der Waals surface area contributed by atoms with Gasteiger partial charge in [-0.25, -0.2) is 8.42 Å². The van der Waals surface area contributed by atoms with E-state index in [0.29, 0.717) is 13.1 Å². The van der Waals surface area contributed by atoms with Crippen molar-refractivity contribution < 1.29 is 22.4 Å². The van der Waals surface area contributed by atoms with E-state index in [2.05, 4.69) is 5.32 Å². The molecule has 2 amide bonds. The van der Waals surface area contributed by atoms with Gasteiger partial charge in [0.15, 0.2) is 15.6 Å². The second-order valence-electron chi connectivity index (χ2n) is 5.80. The Morgan fingerprint density at radius 2 is 1.96 bits per heavy atom. The summed E-state index contributed by atoms with van der Waals surface area (Å²) in [6, 6.07) is 10.4. The summed E-state index contributed by atoms with van der Waals surface area (Å²) in [5.74, 6) is -0.773. The van der Waals surface area contributed by atoms with Crippen LogP contribution in [0.2, 0.25) is 0 Å². The number of rotatable bonds is 4. The Bertz CT molecular complexity index is 889. The molecule has 8 heteroatoms. The van der Waals surface area contributed by atoms with Crippen molar-refractivity contribution in [1.82, 2.24) is 10.2 Å². The number of hydrogen-bond donors (Lipinski definition) is 1. The standard InChI is InChI=1S/C17H18N2O5S/c1-12-16(20)18-9-10-19(12)17(21)15-8-7-13(24-15)11-25(22,23)14-5-3-2-4-6-14/h2-8,12H,9-11H2,1H3,(H,18,20)/t12-/m1/s1. The summed E-state index contributed by atoms with van der Waals surface area (Å²) in [6.07, 6.45) is 0. The van der Waals surface area contributed by atoms with E-state index in [4.69, 9.17) is 4.42 Å². The van der Waals surface area contributed by atoms with Gasteiger partial charge in [-0.2, -0.15) is 0 Å². The van der Waals surface area contributed by atoms with E-state index >= 15 is 0 Å². The summed E-state index contributed by atoms with van der Waals surface area (Å²) in [5, 5.41) is 2.68. The Hall–Kier alpha value is -2.61. The number of amides is 2. The smallest absolute Gasteiger partial charge is 0.290 e. The van der Waals surface area contributed by atoms with Gasteiger partial charge in [0.2, 0.25) is 5.91 Å². The lowest BCUT2D eigenvalue weighted by molar-refractivity contribution is -0.127. The van der Waals surface area contributed by atoms with E-state index in [9.17, 15) is 18.0 Å². The number of nitrogens with zero attached hydrogens (tertiary/aromatic N) is 1. The second-order valence-corrected chi connectivity index (χ2v) is 7.79. The molecule has 1 saturated heterocycles. The van der Waals surface area contributed by atoms with Crippen LogP contribution in [0, 0.1) is 0 Å². The van der Waals surface area contributed by atoms with Gasteiger partial charge in [0.1, 0.15) is 17.6 Å². The van der Waals surface area contributed by atoms with Crippen LogP contribution in [0.5, 0.6) is 0 Å². The quantitative estimate of drug-likeness (QED) is 0.882. The summed E-state index contributed by atoms with van der Waals surface area (Å²) in [4.78, 5) is 25.8. The van der Waals surface area contributed by atoms with Crippen LogP contribution in [-0.2, 0) is 20.4 Å². The first-order chi connectivity index (χ1) is 11.9. The van der Waals surface area contributed by atoms with E-state index in [0.717, 1.165) is 0 Å². The first-order valence-electron chi connectivity index (χ1n) is 7.84. The second kappa shape index (κ2) is 6.72. The molecule has 0 saturated carbocycles. The number of hydrogen-bond acceptors (Lipinski definition) is 5. The molecule has 1 atom stereocenters. The zero-order chi connectivity index (χ0) is 18.0. The van der Waals surface area contributed by atoms with Crippen LogP contribution in [0.1, 0.15) is 23.2 Å². The van der Waals surface area contributed by atoms with E-state index < -0.39 is 21.8 Å². The van der Waals surface area contributed by atoms with Gasteiger partial charge in [0.25, 0.3) is 5.91 Å². The average Bonchev–Trinajstić information content (AvgIpc) is 3.05. The van der Waals surface area contributed by atoms with Gasteiger partial charge in [-0.15, -0.1) is 0 Å². The molecule has 1 aliphatic heterocycles. The Morgan fingerprint density at radius 3 is 2.68 bits per heavy atom. The van der Waals surface area contributed by atoms with Gasteiger partial charge in [-0.1, -0.05) is 18.2 Å². The Balaban J connectivity index is 1.76. The predicted molar refractivity (Wildman–Crippen MR) is 89.5 cm³/mol. The van der Waals surface area contributed by atoms with Crippen LogP contribution < -0.4 is 5.32 Å². The minimum atomic E-state index is -3.55. The molecule has 0 aliphatic carbocycles. The van der Waals surface area contributed by atoms with Crippen LogP contribution in [0.25, 0.3) is 0 Å². The Kier molecular flexibility index (Phi) is 4.63. The minimum absolute atomic E-state index is 0.0276. The number of carbonyl (C=O) groups is 2. The van der Waals surface area contributed by atoms with Crippen molar-refractivity contribution in [2.75, 3.05) is 13.1 Å². The molecule has 1 aliphatic rings. The van der Waals surface area contributed by atoms with Crippen molar-refractivity contribution in [2.24, 2.45) is 0 Å². The van der Waals surface area contributed by atoms with Crippen molar-refractivity contribution in [3.05, 3.63) is 54.0 Å². The molecule has 25 heavy (non-hydrogen) atoms. The van der Waals surface area contributed by atoms with Crippen LogP contribution >= 0.6 is 0 Å². The molecule has 1 N–H and O–H groups in total. The van der Waals surface area contributed by atoms with Crippen LogP contribution in [-0.4, -0.2) is 44.3 Å². The maximum atomic E-state index is 12.5.